The molecule has 2 atom stereocenters. The standard InChI is InChI=1S/C29H37FN2O5/c1-20-6-4-7-21(27(20)28(33)34)19-37-26-11-5-10-25(18-26)36-17-16-32(24-8-2-3-9-24)29(35)31-23-14-12-22(30)13-15-23/h4,6-7,12-15,24-26H,2-3,5,8-11,16-19H2,1H3,(H,31,35)(H,33,34)/t25-,26+/m1/s1. The van der Waals surface area contributed by atoms with Crippen molar-refractivity contribution in [2.45, 2.75) is 83.1 Å². The second-order valence-electron chi connectivity index (χ2n) is 10.1. The molecule has 2 amide bonds. The van der Waals surface area contributed by atoms with Crippen LogP contribution in [0.5, 0.6) is 0 Å². The first-order valence-corrected chi connectivity index (χ1v) is 13.3. The maximum atomic E-state index is 13.2. The van der Waals surface area contributed by atoms with Crippen LogP contribution in [0.3, 0.4) is 0 Å². The number of carbonyl (C=O) groups is 2. The summed E-state index contributed by atoms with van der Waals surface area (Å²) in [5.74, 6) is -1.27. The van der Waals surface area contributed by atoms with Gasteiger partial charge in [-0.1, -0.05) is 31.0 Å². The summed E-state index contributed by atoms with van der Waals surface area (Å²) in [6.45, 7) is 2.99. The Bertz CT molecular complexity index is 1050. The number of halogens is 1. The molecule has 0 bridgehead atoms. The van der Waals surface area contributed by atoms with Crippen molar-refractivity contribution in [3.63, 3.8) is 0 Å². The number of anilines is 1. The van der Waals surface area contributed by atoms with Gasteiger partial charge in [0, 0.05) is 18.3 Å². The lowest BCUT2D eigenvalue weighted by Crippen LogP contribution is -2.44. The summed E-state index contributed by atoms with van der Waals surface area (Å²) in [7, 11) is 0. The number of nitrogens with one attached hydrogen (secondary N) is 1. The summed E-state index contributed by atoms with van der Waals surface area (Å²) >= 11 is 0. The number of nitrogens with zero attached hydrogens (tertiary/aromatic N) is 1. The Labute approximate surface area is 218 Å². The number of ether oxygens (including phenoxy) is 2. The molecule has 0 radical (unpaired) electrons. The average molecular weight is 513 g/mol. The van der Waals surface area contributed by atoms with Crippen LogP contribution in [0.1, 0.15) is 72.9 Å². The van der Waals surface area contributed by atoms with E-state index < -0.39 is 5.97 Å². The Kier molecular flexibility index (Phi) is 9.52. The third-order valence-electron chi connectivity index (χ3n) is 7.43. The summed E-state index contributed by atoms with van der Waals surface area (Å²) in [5, 5.41) is 12.4. The fourth-order valence-corrected chi connectivity index (χ4v) is 5.48. The Morgan fingerprint density at radius 2 is 1.70 bits per heavy atom. The Balaban J connectivity index is 1.27. The van der Waals surface area contributed by atoms with Gasteiger partial charge < -0.3 is 24.8 Å². The number of hydrogen-bond acceptors (Lipinski definition) is 4. The molecule has 0 spiro atoms. The van der Waals surface area contributed by atoms with Crippen molar-refractivity contribution in [2.75, 3.05) is 18.5 Å². The minimum Gasteiger partial charge on any atom is -0.478 e. The fraction of sp³-hybridized carbons (Fsp3) is 0.517. The highest BCUT2D eigenvalue weighted by atomic mass is 19.1. The minimum atomic E-state index is -0.933. The van der Waals surface area contributed by atoms with Crippen molar-refractivity contribution in [3.8, 4) is 0 Å². The van der Waals surface area contributed by atoms with Gasteiger partial charge in [-0.3, -0.25) is 0 Å². The third-order valence-corrected chi connectivity index (χ3v) is 7.43. The third kappa shape index (κ3) is 7.52. The summed E-state index contributed by atoms with van der Waals surface area (Å²) in [4.78, 5) is 26.6. The molecule has 2 aliphatic rings. The molecule has 2 N–H and O–H groups in total. The Morgan fingerprint density at radius 3 is 2.41 bits per heavy atom. The quantitative estimate of drug-likeness (QED) is 0.398. The number of aryl methyl sites for hydroxylation is 1. The first-order chi connectivity index (χ1) is 17.9. The summed E-state index contributed by atoms with van der Waals surface area (Å²) < 4.78 is 25.6. The van der Waals surface area contributed by atoms with Crippen LogP contribution in [0.2, 0.25) is 0 Å². The molecule has 0 aromatic heterocycles. The predicted molar refractivity (Wildman–Crippen MR) is 139 cm³/mol. The zero-order chi connectivity index (χ0) is 26.2. The van der Waals surface area contributed by atoms with Crippen molar-refractivity contribution in [1.82, 2.24) is 4.90 Å². The molecule has 0 unspecified atom stereocenters. The van der Waals surface area contributed by atoms with E-state index in [9.17, 15) is 19.1 Å². The molecule has 4 rings (SSSR count). The highest BCUT2D eigenvalue weighted by molar-refractivity contribution is 5.91. The molecule has 2 aromatic carbocycles. The van der Waals surface area contributed by atoms with Crippen LogP contribution < -0.4 is 5.32 Å². The topological polar surface area (TPSA) is 88.1 Å². The Hall–Kier alpha value is -2.97. The molecule has 2 aromatic rings. The van der Waals surface area contributed by atoms with Gasteiger partial charge in [0.25, 0.3) is 0 Å². The smallest absolute Gasteiger partial charge is 0.336 e. The van der Waals surface area contributed by atoms with Gasteiger partial charge in [0.15, 0.2) is 0 Å². The van der Waals surface area contributed by atoms with E-state index in [2.05, 4.69) is 5.32 Å². The highest BCUT2D eigenvalue weighted by Gasteiger charge is 2.28. The number of hydrogen-bond donors (Lipinski definition) is 2. The van der Waals surface area contributed by atoms with Crippen LogP contribution in [-0.4, -0.2) is 53.4 Å². The molecule has 2 aliphatic carbocycles. The van der Waals surface area contributed by atoms with E-state index in [0.29, 0.717) is 30.0 Å². The first-order valence-electron chi connectivity index (χ1n) is 13.3. The van der Waals surface area contributed by atoms with E-state index in [1.54, 1.807) is 25.1 Å². The summed E-state index contributed by atoms with van der Waals surface area (Å²) in [6, 6.07) is 11.3. The second-order valence-corrected chi connectivity index (χ2v) is 10.1. The lowest BCUT2D eigenvalue weighted by Gasteiger charge is -2.32. The van der Waals surface area contributed by atoms with E-state index in [0.717, 1.165) is 56.9 Å². The van der Waals surface area contributed by atoms with E-state index in [4.69, 9.17) is 9.47 Å². The lowest BCUT2D eigenvalue weighted by molar-refractivity contribution is -0.0531. The number of carbonyl (C=O) groups excluding carboxylic acids is 1. The van der Waals surface area contributed by atoms with Crippen LogP contribution in [-0.2, 0) is 16.1 Å². The van der Waals surface area contributed by atoms with Gasteiger partial charge >= 0.3 is 12.0 Å². The van der Waals surface area contributed by atoms with Crippen LogP contribution in [0.15, 0.2) is 42.5 Å². The number of carboxylic acids is 1. The van der Waals surface area contributed by atoms with E-state index >= 15 is 0 Å². The van der Waals surface area contributed by atoms with Crippen molar-refractivity contribution < 1.29 is 28.6 Å². The summed E-state index contributed by atoms with van der Waals surface area (Å²) in [6.07, 6.45) is 7.82. The van der Waals surface area contributed by atoms with Gasteiger partial charge in [0.1, 0.15) is 5.82 Å². The van der Waals surface area contributed by atoms with Crippen molar-refractivity contribution >= 4 is 17.7 Å². The number of aromatic carboxylic acids is 1. The molecule has 200 valence electrons. The molecule has 0 heterocycles. The molecule has 37 heavy (non-hydrogen) atoms. The van der Waals surface area contributed by atoms with Crippen molar-refractivity contribution in [2.24, 2.45) is 0 Å². The normalized spacial score (nSPS) is 20.1. The molecule has 0 aliphatic heterocycles. The number of benzene rings is 2. The van der Waals surface area contributed by atoms with Gasteiger partial charge in [-0.25, -0.2) is 14.0 Å². The van der Waals surface area contributed by atoms with Gasteiger partial charge in [-0.05, 0) is 80.8 Å². The van der Waals surface area contributed by atoms with E-state index in [1.807, 2.05) is 17.0 Å². The molecular weight excluding hydrogens is 475 g/mol. The molecule has 7 nitrogen and oxygen atoms in total. The van der Waals surface area contributed by atoms with Gasteiger partial charge in [-0.15, -0.1) is 0 Å². The Morgan fingerprint density at radius 1 is 1.00 bits per heavy atom. The van der Waals surface area contributed by atoms with Gasteiger partial charge in [0.2, 0.25) is 0 Å². The van der Waals surface area contributed by atoms with Gasteiger partial charge in [-0.2, -0.15) is 0 Å². The highest BCUT2D eigenvalue weighted by Crippen LogP contribution is 2.27. The van der Waals surface area contributed by atoms with Crippen LogP contribution in [0, 0.1) is 12.7 Å². The van der Waals surface area contributed by atoms with E-state index in [1.165, 1.54) is 12.1 Å². The minimum absolute atomic E-state index is 0.00798. The van der Waals surface area contributed by atoms with Gasteiger partial charge in [0.05, 0.1) is 31.0 Å². The van der Waals surface area contributed by atoms with Crippen LogP contribution in [0.25, 0.3) is 0 Å². The molecule has 8 heteroatoms. The fourth-order valence-electron chi connectivity index (χ4n) is 5.48. The van der Waals surface area contributed by atoms with Crippen molar-refractivity contribution in [1.29, 1.82) is 0 Å². The van der Waals surface area contributed by atoms with Crippen molar-refractivity contribution in [3.05, 3.63) is 65.0 Å². The first kappa shape index (κ1) is 27.1. The second kappa shape index (κ2) is 13.0. The number of rotatable bonds is 10. The predicted octanol–water partition coefficient (Wildman–Crippen LogP) is 6.15. The van der Waals surface area contributed by atoms with Crippen LogP contribution >= 0.6 is 0 Å². The number of urea groups is 1. The molecular formula is C29H37FN2O5. The lowest BCUT2D eigenvalue weighted by atomic mass is 9.94. The number of carboxylic acid groups (broad SMARTS) is 1. The number of amides is 2. The largest absolute Gasteiger partial charge is 0.478 e. The maximum absolute atomic E-state index is 13.2. The SMILES string of the molecule is Cc1cccc(CO[C@H]2CCC[C@@H](OCCN(C(=O)Nc3ccc(F)cc3)C3CCCC3)C2)c1C(=O)O. The molecule has 2 fully saturated rings. The average Bonchev–Trinajstić information content (AvgIpc) is 3.41. The zero-order valence-corrected chi connectivity index (χ0v) is 21.5. The van der Waals surface area contributed by atoms with Crippen LogP contribution in [0.4, 0.5) is 14.9 Å². The summed E-state index contributed by atoms with van der Waals surface area (Å²) in [5.41, 5.74) is 2.31. The molecule has 2 saturated carbocycles. The zero-order valence-electron chi connectivity index (χ0n) is 21.5. The molecule has 0 saturated heterocycles. The maximum Gasteiger partial charge on any atom is 0.336 e. The monoisotopic (exact) mass is 512 g/mol. The van der Waals surface area contributed by atoms with E-state index in [-0.39, 0.29) is 36.7 Å².